The van der Waals surface area contributed by atoms with Gasteiger partial charge in [0.25, 0.3) is 5.91 Å². The summed E-state index contributed by atoms with van der Waals surface area (Å²) in [5.74, 6) is -0.163. The molecule has 0 radical (unpaired) electrons. The molecule has 3 N–H and O–H groups in total. The highest BCUT2D eigenvalue weighted by Crippen LogP contribution is 2.28. The van der Waals surface area contributed by atoms with E-state index in [1.807, 2.05) is 0 Å². The Morgan fingerprint density at radius 2 is 2.35 bits per heavy atom. The summed E-state index contributed by atoms with van der Waals surface area (Å²) >= 11 is 5.79. The minimum absolute atomic E-state index is 0.163. The maximum Gasteiger partial charge on any atom is 0.256 e. The van der Waals surface area contributed by atoms with Gasteiger partial charge in [-0.15, -0.1) is 0 Å². The van der Waals surface area contributed by atoms with Crippen molar-refractivity contribution >= 4 is 28.9 Å². The number of hydrogen-bond donors (Lipinski definition) is 2. The van der Waals surface area contributed by atoms with E-state index >= 15 is 0 Å². The molecule has 92 valence electrons. The van der Waals surface area contributed by atoms with Gasteiger partial charge in [-0.1, -0.05) is 11.6 Å². The summed E-state index contributed by atoms with van der Waals surface area (Å²) in [5.41, 5.74) is 6.04. The van der Waals surface area contributed by atoms with Gasteiger partial charge in [0.2, 0.25) is 0 Å². The van der Waals surface area contributed by atoms with Crippen LogP contribution in [0.2, 0.25) is 5.02 Å². The molecule has 1 amide bonds. The first-order chi connectivity index (χ1) is 8.01. The number of amides is 1. The lowest BCUT2D eigenvalue weighted by Crippen LogP contribution is -2.39. The fourth-order valence-electron chi connectivity index (χ4n) is 1.86. The van der Waals surface area contributed by atoms with Gasteiger partial charge in [-0.25, -0.2) is 0 Å². The Hall–Kier alpha value is -1.26. The third kappa shape index (κ3) is 2.53. The number of nitrogens with two attached hydrogens (primary N) is 1. The van der Waals surface area contributed by atoms with Crippen LogP contribution in [0.1, 0.15) is 19.8 Å². The van der Waals surface area contributed by atoms with Gasteiger partial charge in [-0.3, -0.25) is 4.79 Å². The van der Waals surface area contributed by atoms with E-state index in [2.05, 4.69) is 5.32 Å². The summed E-state index contributed by atoms with van der Waals surface area (Å²) in [7, 11) is 0. The lowest BCUT2D eigenvalue weighted by Gasteiger charge is -2.22. The van der Waals surface area contributed by atoms with Crippen LogP contribution in [0.3, 0.4) is 0 Å². The lowest BCUT2D eigenvalue weighted by molar-refractivity contribution is -0.133. The van der Waals surface area contributed by atoms with Crippen molar-refractivity contribution in [3.8, 4) is 0 Å². The number of halogens is 1. The van der Waals surface area contributed by atoms with Crippen LogP contribution in [0.15, 0.2) is 18.2 Å². The van der Waals surface area contributed by atoms with Crippen LogP contribution in [-0.2, 0) is 9.53 Å². The summed E-state index contributed by atoms with van der Waals surface area (Å²) in [6, 6.07) is 4.98. The molecule has 1 unspecified atom stereocenters. The average Bonchev–Trinajstić information content (AvgIpc) is 2.71. The summed E-state index contributed by atoms with van der Waals surface area (Å²) < 4.78 is 5.46. The van der Waals surface area contributed by atoms with Crippen molar-refractivity contribution in [2.24, 2.45) is 0 Å². The normalized spacial score (nSPS) is 23.6. The Morgan fingerprint density at radius 3 is 2.94 bits per heavy atom. The zero-order valence-corrected chi connectivity index (χ0v) is 10.4. The van der Waals surface area contributed by atoms with E-state index in [0.717, 1.165) is 12.8 Å². The Bertz CT molecular complexity index is 442. The highest BCUT2D eigenvalue weighted by Gasteiger charge is 2.37. The van der Waals surface area contributed by atoms with Crippen LogP contribution < -0.4 is 11.1 Å². The standard InChI is InChI=1S/C12H15ClN2O2/c1-12(5-2-6-17-12)11(16)15-10-4-3-8(13)7-9(10)14/h3-4,7H,2,5-6,14H2,1H3,(H,15,16). The van der Waals surface area contributed by atoms with Crippen molar-refractivity contribution in [2.45, 2.75) is 25.4 Å². The van der Waals surface area contributed by atoms with E-state index in [0.29, 0.717) is 23.0 Å². The number of hydrogen-bond acceptors (Lipinski definition) is 3. The minimum atomic E-state index is -0.744. The van der Waals surface area contributed by atoms with E-state index < -0.39 is 5.60 Å². The largest absolute Gasteiger partial charge is 0.397 e. The van der Waals surface area contributed by atoms with Gasteiger partial charge in [0, 0.05) is 11.6 Å². The molecule has 1 atom stereocenters. The first-order valence-electron chi connectivity index (χ1n) is 5.52. The monoisotopic (exact) mass is 254 g/mol. The highest BCUT2D eigenvalue weighted by molar-refractivity contribution is 6.31. The van der Waals surface area contributed by atoms with Gasteiger partial charge < -0.3 is 15.8 Å². The number of rotatable bonds is 2. The van der Waals surface area contributed by atoms with Gasteiger partial charge in [0.15, 0.2) is 0 Å². The maximum absolute atomic E-state index is 12.0. The molecule has 0 aliphatic carbocycles. The van der Waals surface area contributed by atoms with E-state index in [4.69, 9.17) is 22.1 Å². The molecule has 0 aromatic heterocycles. The Kier molecular flexibility index (Phi) is 3.26. The number of nitrogen functional groups attached to an aromatic ring is 1. The number of carbonyl (C=O) groups excluding carboxylic acids is 1. The van der Waals surface area contributed by atoms with Crippen LogP contribution in [0, 0.1) is 0 Å². The Morgan fingerprint density at radius 1 is 1.59 bits per heavy atom. The van der Waals surface area contributed by atoms with Crippen LogP contribution in [-0.4, -0.2) is 18.1 Å². The second-order valence-corrected chi connectivity index (χ2v) is 4.81. The molecular formula is C12H15ClN2O2. The van der Waals surface area contributed by atoms with Crippen LogP contribution in [0.4, 0.5) is 11.4 Å². The van der Waals surface area contributed by atoms with Crippen molar-refractivity contribution in [1.29, 1.82) is 0 Å². The lowest BCUT2D eigenvalue weighted by atomic mass is 10.0. The minimum Gasteiger partial charge on any atom is -0.397 e. The van der Waals surface area contributed by atoms with Gasteiger partial charge in [-0.2, -0.15) is 0 Å². The molecule has 1 aromatic carbocycles. The van der Waals surface area contributed by atoms with Crippen LogP contribution in [0.5, 0.6) is 0 Å². The molecule has 0 spiro atoms. The molecular weight excluding hydrogens is 240 g/mol. The fourth-order valence-corrected chi connectivity index (χ4v) is 2.04. The third-order valence-electron chi connectivity index (χ3n) is 2.96. The third-order valence-corrected chi connectivity index (χ3v) is 3.20. The van der Waals surface area contributed by atoms with Crippen molar-refractivity contribution in [1.82, 2.24) is 0 Å². The molecule has 2 rings (SSSR count). The highest BCUT2D eigenvalue weighted by atomic mass is 35.5. The Labute approximate surface area is 105 Å². The Balaban J connectivity index is 2.13. The van der Waals surface area contributed by atoms with Gasteiger partial charge >= 0.3 is 0 Å². The van der Waals surface area contributed by atoms with Crippen molar-refractivity contribution in [3.63, 3.8) is 0 Å². The van der Waals surface area contributed by atoms with E-state index in [1.165, 1.54) is 0 Å². The zero-order valence-electron chi connectivity index (χ0n) is 9.63. The molecule has 1 aliphatic heterocycles. The van der Waals surface area contributed by atoms with E-state index in [1.54, 1.807) is 25.1 Å². The zero-order chi connectivity index (χ0) is 12.5. The summed E-state index contributed by atoms with van der Waals surface area (Å²) in [4.78, 5) is 12.0. The van der Waals surface area contributed by atoms with Crippen molar-refractivity contribution in [2.75, 3.05) is 17.7 Å². The molecule has 5 heteroatoms. The molecule has 1 aromatic rings. The van der Waals surface area contributed by atoms with Crippen molar-refractivity contribution < 1.29 is 9.53 Å². The quantitative estimate of drug-likeness (QED) is 0.797. The van der Waals surface area contributed by atoms with E-state index in [9.17, 15) is 4.79 Å². The molecule has 4 nitrogen and oxygen atoms in total. The molecule has 0 saturated carbocycles. The van der Waals surface area contributed by atoms with E-state index in [-0.39, 0.29) is 5.91 Å². The number of ether oxygens (including phenoxy) is 1. The molecule has 0 bridgehead atoms. The SMILES string of the molecule is CC1(C(=O)Nc2ccc(Cl)cc2N)CCCO1. The second kappa shape index (κ2) is 4.55. The molecule has 1 heterocycles. The molecule has 1 aliphatic rings. The maximum atomic E-state index is 12.0. The molecule has 1 saturated heterocycles. The average molecular weight is 255 g/mol. The summed E-state index contributed by atoms with van der Waals surface area (Å²) in [6.45, 7) is 2.42. The first kappa shape index (κ1) is 12.2. The van der Waals surface area contributed by atoms with Crippen molar-refractivity contribution in [3.05, 3.63) is 23.2 Å². The number of anilines is 2. The topological polar surface area (TPSA) is 64.4 Å². The van der Waals surface area contributed by atoms with Crippen LogP contribution in [0.25, 0.3) is 0 Å². The first-order valence-corrected chi connectivity index (χ1v) is 5.89. The summed E-state index contributed by atoms with van der Waals surface area (Å²) in [6.07, 6.45) is 1.63. The predicted molar refractivity (Wildman–Crippen MR) is 68.1 cm³/mol. The molecule has 1 fully saturated rings. The predicted octanol–water partition coefficient (Wildman–Crippen LogP) is 2.43. The number of carbonyl (C=O) groups is 1. The number of benzene rings is 1. The van der Waals surface area contributed by atoms with Gasteiger partial charge in [-0.05, 0) is 38.0 Å². The van der Waals surface area contributed by atoms with Gasteiger partial charge in [0.05, 0.1) is 11.4 Å². The van der Waals surface area contributed by atoms with Crippen LogP contribution >= 0.6 is 11.6 Å². The summed E-state index contributed by atoms with van der Waals surface area (Å²) in [5, 5.41) is 3.32. The van der Waals surface area contributed by atoms with Gasteiger partial charge in [0.1, 0.15) is 5.60 Å². The second-order valence-electron chi connectivity index (χ2n) is 4.37. The number of nitrogens with one attached hydrogen (secondary N) is 1. The fraction of sp³-hybridized carbons (Fsp3) is 0.417. The molecule has 17 heavy (non-hydrogen) atoms. The smallest absolute Gasteiger partial charge is 0.256 e.